The summed E-state index contributed by atoms with van der Waals surface area (Å²) in [5.74, 6) is 0.110. The minimum absolute atomic E-state index is 0.0731. The first-order valence-corrected chi connectivity index (χ1v) is 17.1. The number of amides is 1. The Bertz CT molecular complexity index is 1840. The molecule has 232 valence electrons. The summed E-state index contributed by atoms with van der Waals surface area (Å²) in [4.78, 5) is 46.7. The first-order valence-electron chi connectivity index (χ1n) is 15.4. The number of likely N-dealkylation sites (tertiary alicyclic amines) is 2. The number of hydrogen-bond acceptors (Lipinski definition) is 9. The number of pyridine rings is 1. The summed E-state index contributed by atoms with van der Waals surface area (Å²) < 4.78 is 1.51. The van der Waals surface area contributed by atoms with E-state index >= 15 is 0 Å². The number of thiazole rings is 1. The van der Waals surface area contributed by atoms with Crippen molar-refractivity contribution in [3.63, 3.8) is 0 Å². The molecule has 0 bridgehead atoms. The second kappa shape index (κ2) is 12.6. The van der Waals surface area contributed by atoms with Gasteiger partial charge >= 0.3 is 0 Å². The zero-order valence-corrected chi connectivity index (χ0v) is 26.8. The van der Waals surface area contributed by atoms with Crippen LogP contribution in [0.2, 0.25) is 0 Å². The van der Waals surface area contributed by atoms with E-state index in [1.807, 2.05) is 53.9 Å². The number of aryl methyl sites for hydroxylation is 1. The lowest BCUT2D eigenvalue weighted by molar-refractivity contribution is -0.142. The molecule has 2 aliphatic heterocycles. The van der Waals surface area contributed by atoms with E-state index in [-0.39, 0.29) is 29.8 Å². The number of hydrogen-bond donors (Lipinski definition) is 1. The summed E-state index contributed by atoms with van der Waals surface area (Å²) in [6.07, 6.45) is 6.99. The van der Waals surface area contributed by atoms with Crippen molar-refractivity contribution in [2.24, 2.45) is 5.92 Å². The monoisotopic (exact) mass is 640 g/mol. The molecule has 4 aromatic heterocycles. The third-order valence-electron chi connectivity index (χ3n) is 9.25. The summed E-state index contributed by atoms with van der Waals surface area (Å²) in [7, 11) is 0. The van der Waals surface area contributed by atoms with E-state index in [1.165, 1.54) is 32.7 Å². The average Bonchev–Trinajstić information content (AvgIpc) is 3.74. The van der Waals surface area contributed by atoms with Gasteiger partial charge in [-0.15, -0.1) is 22.7 Å². The molecule has 2 aliphatic rings. The molecule has 7 rings (SSSR count). The van der Waals surface area contributed by atoms with Gasteiger partial charge in [-0.1, -0.05) is 30.3 Å². The number of thiophene rings is 1. The molecule has 9 nitrogen and oxygen atoms in total. The Morgan fingerprint density at radius 1 is 1.02 bits per heavy atom. The summed E-state index contributed by atoms with van der Waals surface area (Å²) in [6.45, 7) is 5.51. The molecule has 1 amide bonds. The smallest absolute Gasteiger partial charge is 0.262 e. The molecule has 11 heteroatoms. The lowest BCUT2D eigenvalue weighted by atomic mass is 9.79. The average molecular weight is 641 g/mol. The van der Waals surface area contributed by atoms with E-state index < -0.39 is 5.60 Å². The Kier molecular flexibility index (Phi) is 8.34. The van der Waals surface area contributed by atoms with Crippen molar-refractivity contribution in [1.82, 2.24) is 29.3 Å². The zero-order valence-electron chi connectivity index (χ0n) is 25.2. The Morgan fingerprint density at radius 3 is 2.62 bits per heavy atom. The van der Waals surface area contributed by atoms with Gasteiger partial charge in [0.15, 0.2) is 0 Å². The molecule has 2 atom stereocenters. The van der Waals surface area contributed by atoms with E-state index in [2.05, 4.69) is 38.1 Å². The van der Waals surface area contributed by atoms with Gasteiger partial charge in [0.1, 0.15) is 9.84 Å². The van der Waals surface area contributed by atoms with Crippen LogP contribution in [0.25, 0.3) is 20.8 Å². The van der Waals surface area contributed by atoms with Crippen LogP contribution in [0, 0.1) is 12.8 Å². The van der Waals surface area contributed by atoms with Gasteiger partial charge < -0.3 is 10.0 Å². The van der Waals surface area contributed by atoms with Crippen LogP contribution in [0.4, 0.5) is 0 Å². The number of aromatic nitrogens is 4. The molecule has 0 spiro atoms. The molecule has 0 aliphatic carbocycles. The maximum absolute atomic E-state index is 14.1. The maximum Gasteiger partial charge on any atom is 0.262 e. The van der Waals surface area contributed by atoms with Gasteiger partial charge in [0.05, 0.1) is 23.9 Å². The normalized spacial score (nSPS) is 20.4. The molecule has 0 radical (unpaired) electrons. The van der Waals surface area contributed by atoms with Crippen LogP contribution in [0.15, 0.2) is 77.4 Å². The SMILES string of the molecule is Cc1ccc(-c2ncc(CN3CC[C@@H](C(=O)N4CCC(O)(Cn5cnc6sccc6c5=O)CC4)[C@H](c4ccccc4)C3)s2)cn1. The molecule has 1 aromatic carbocycles. The molecule has 6 heterocycles. The topological polar surface area (TPSA) is 104 Å². The highest BCUT2D eigenvalue weighted by Crippen LogP contribution is 2.37. The molecule has 1 N–H and O–H groups in total. The summed E-state index contributed by atoms with van der Waals surface area (Å²) in [6, 6.07) is 16.2. The number of nitrogens with zero attached hydrogens (tertiary/aromatic N) is 6. The molecule has 0 unspecified atom stereocenters. The number of piperidine rings is 2. The van der Waals surface area contributed by atoms with Gasteiger partial charge in [0, 0.05) is 66.5 Å². The Balaban J connectivity index is 1.02. The predicted molar refractivity (Wildman–Crippen MR) is 177 cm³/mol. The molecule has 2 saturated heterocycles. The highest BCUT2D eigenvalue weighted by Gasteiger charge is 2.41. The zero-order chi connectivity index (χ0) is 31.0. The van der Waals surface area contributed by atoms with Crippen LogP contribution in [-0.2, 0) is 17.9 Å². The quantitative estimate of drug-likeness (QED) is 0.269. The Hall–Kier alpha value is -3.77. The third-order valence-corrected chi connectivity index (χ3v) is 11.1. The Morgan fingerprint density at radius 2 is 1.84 bits per heavy atom. The van der Waals surface area contributed by atoms with Gasteiger partial charge in [-0.05, 0) is 61.9 Å². The molecular weight excluding hydrogens is 605 g/mol. The van der Waals surface area contributed by atoms with Crippen LogP contribution >= 0.6 is 22.7 Å². The van der Waals surface area contributed by atoms with Crippen LogP contribution in [0.5, 0.6) is 0 Å². The van der Waals surface area contributed by atoms with Crippen LogP contribution in [0.1, 0.15) is 41.3 Å². The minimum Gasteiger partial charge on any atom is -0.388 e. The molecular formula is C34H36N6O3S2. The van der Waals surface area contributed by atoms with Crippen molar-refractivity contribution >= 4 is 38.8 Å². The maximum atomic E-state index is 14.1. The summed E-state index contributed by atoms with van der Waals surface area (Å²) in [5, 5.41) is 14.8. The van der Waals surface area contributed by atoms with Crippen molar-refractivity contribution in [1.29, 1.82) is 0 Å². The number of aliphatic hydroxyl groups is 1. The van der Waals surface area contributed by atoms with E-state index in [4.69, 9.17) is 0 Å². The van der Waals surface area contributed by atoms with Crippen molar-refractivity contribution in [3.05, 3.63) is 99.1 Å². The van der Waals surface area contributed by atoms with Crippen molar-refractivity contribution in [2.75, 3.05) is 26.2 Å². The highest BCUT2D eigenvalue weighted by atomic mass is 32.1. The van der Waals surface area contributed by atoms with Crippen molar-refractivity contribution in [3.8, 4) is 10.6 Å². The number of rotatable bonds is 7. The van der Waals surface area contributed by atoms with Gasteiger partial charge in [-0.25, -0.2) is 9.97 Å². The number of fused-ring (bicyclic) bond motifs is 1. The first kappa shape index (κ1) is 29.9. The lowest BCUT2D eigenvalue weighted by Crippen LogP contribution is -2.53. The van der Waals surface area contributed by atoms with Crippen LogP contribution in [-0.4, -0.2) is 72.1 Å². The molecule has 45 heavy (non-hydrogen) atoms. The predicted octanol–water partition coefficient (Wildman–Crippen LogP) is 4.94. The number of carbonyl (C=O) groups excluding carboxylic acids is 1. The molecule has 5 aromatic rings. The van der Waals surface area contributed by atoms with Gasteiger partial charge in [0.25, 0.3) is 5.56 Å². The van der Waals surface area contributed by atoms with E-state index in [9.17, 15) is 14.7 Å². The molecule has 2 fully saturated rings. The minimum atomic E-state index is -1.06. The number of carbonyl (C=O) groups is 1. The fourth-order valence-corrected chi connectivity index (χ4v) is 8.35. The largest absolute Gasteiger partial charge is 0.388 e. The fraction of sp³-hybridized carbons (Fsp3) is 0.382. The van der Waals surface area contributed by atoms with Crippen molar-refractivity contribution < 1.29 is 9.90 Å². The second-order valence-corrected chi connectivity index (χ2v) is 14.3. The van der Waals surface area contributed by atoms with Gasteiger partial charge in [-0.3, -0.25) is 24.0 Å². The summed E-state index contributed by atoms with van der Waals surface area (Å²) >= 11 is 3.13. The van der Waals surface area contributed by atoms with Gasteiger partial charge in [0.2, 0.25) is 5.91 Å². The first-order chi connectivity index (χ1) is 21.8. The van der Waals surface area contributed by atoms with Gasteiger partial charge in [-0.2, -0.15) is 0 Å². The van der Waals surface area contributed by atoms with E-state index in [0.717, 1.165) is 42.3 Å². The number of benzene rings is 1. The summed E-state index contributed by atoms with van der Waals surface area (Å²) in [5.41, 5.74) is 2.01. The molecule has 0 saturated carbocycles. The third kappa shape index (κ3) is 6.35. The fourth-order valence-electron chi connectivity index (χ4n) is 6.68. The Labute approximate surface area is 269 Å². The van der Waals surface area contributed by atoms with Crippen LogP contribution < -0.4 is 5.56 Å². The standard InChI is InChI=1S/C34H36N6O3S2/c1-23-7-8-25(17-35-23)30-36-18-26(45-30)19-38-13-9-27(29(20-38)24-5-3-2-4-6-24)32(41)39-14-11-34(43,12-15-39)21-40-22-37-31-28(33(40)42)10-16-44-31/h2-8,10,16-18,22,27,29,43H,9,11-15,19-21H2,1H3/t27-,29+/m1/s1. The second-order valence-electron chi connectivity index (χ2n) is 12.3. The van der Waals surface area contributed by atoms with Crippen LogP contribution in [0.3, 0.4) is 0 Å². The lowest BCUT2D eigenvalue weighted by Gasteiger charge is -2.43. The van der Waals surface area contributed by atoms with E-state index in [1.54, 1.807) is 17.4 Å². The van der Waals surface area contributed by atoms with Crippen molar-refractivity contribution in [2.45, 2.75) is 50.8 Å². The van der Waals surface area contributed by atoms with E-state index in [0.29, 0.717) is 36.1 Å². The highest BCUT2D eigenvalue weighted by molar-refractivity contribution is 7.16.